The molecule has 6 aliphatic carbocycles. The molecule has 4 saturated carbocycles. The number of rotatable bonds is 2. The SMILES string of the molecule is C.CC1CCC2C(C=CC3C2CC(C)C3[SiH](C)C2C(C)CC3C2C=CC2CC(C)CCC23)C1.[CH3-].[CH3-].[Cl][Zr+2][Cl]. The van der Waals surface area contributed by atoms with Gasteiger partial charge in [-0.05, 0) is 121 Å². The molecular weight excluding hydrogens is 599 g/mol. The number of allylic oxidation sites excluding steroid dienone is 4. The molecule has 6 rings (SSSR count). The molecule has 0 saturated heterocycles. The zero-order valence-corrected chi connectivity index (χ0v) is 30.0. The van der Waals surface area contributed by atoms with Crippen LogP contribution in [0.25, 0.3) is 0 Å². The fourth-order valence-electron chi connectivity index (χ4n) is 11.2. The Kier molecular flexibility index (Phi) is 14.0. The Bertz CT molecular complexity index is 722. The van der Waals surface area contributed by atoms with E-state index in [0.29, 0.717) is 0 Å². The Labute approximate surface area is 259 Å². The molecule has 0 aromatic carbocycles. The van der Waals surface area contributed by atoms with E-state index < -0.39 is 29.6 Å². The van der Waals surface area contributed by atoms with Crippen molar-refractivity contribution in [1.82, 2.24) is 0 Å². The fraction of sp³-hybridized carbons (Fsp3) is 0.824. The van der Waals surface area contributed by atoms with Crippen LogP contribution in [0.3, 0.4) is 0 Å². The van der Waals surface area contributed by atoms with Crippen molar-refractivity contribution in [3.63, 3.8) is 0 Å². The van der Waals surface area contributed by atoms with Crippen LogP contribution in [0.5, 0.6) is 0 Å². The zero-order valence-electron chi connectivity index (χ0n) is 24.9. The molecule has 0 nitrogen and oxygen atoms in total. The zero-order chi connectivity index (χ0) is 24.9. The molecule has 0 radical (unpaired) electrons. The van der Waals surface area contributed by atoms with Crippen LogP contribution in [-0.2, 0) is 20.8 Å². The van der Waals surface area contributed by atoms with Crippen LogP contribution in [0.1, 0.15) is 86.5 Å². The molecule has 0 aromatic heterocycles. The predicted molar refractivity (Wildman–Crippen MR) is 172 cm³/mol. The van der Waals surface area contributed by atoms with E-state index in [1.807, 2.05) is 0 Å². The van der Waals surface area contributed by atoms with Gasteiger partial charge in [0.15, 0.2) is 0 Å². The first-order valence-corrected chi connectivity index (χ1v) is 24.0. The van der Waals surface area contributed by atoms with Gasteiger partial charge in [-0.1, -0.05) is 78.8 Å². The van der Waals surface area contributed by atoms with Gasteiger partial charge in [-0.25, -0.2) is 0 Å². The van der Waals surface area contributed by atoms with Crippen molar-refractivity contribution < 1.29 is 20.8 Å². The monoisotopic (exact) mass is 656 g/mol. The van der Waals surface area contributed by atoms with Crippen LogP contribution in [0, 0.1) is 85.9 Å². The van der Waals surface area contributed by atoms with Crippen LogP contribution in [0.4, 0.5) is 0 Å². The van der Waals surface area contributed by atoms with Crippen molar-refractivity contribution in [3.05, 3.63) is 39.2 Å². The van der Waals surface area contributed by atoms with Crippen molar-refractivity contribution in [2.24, 2.45) is 71.0 Å². The Morgan fingerprint density at radius 1 is 0.605 bits per heavy atom. The average molecular weight is 659 g/mol. The van der Waals surface area contributed by atoms with Gasteiger partial charge in [-0.15, -0.1) is 0 Å². The normalized spacial score (nSPS) is 48.6. The summed E-state index contributed by atoms with van der Waals surface area (Å²) in [4.78, 5) is 0. The summed E-state index contributed by atoms with van der Waals surface area (Å²) < 4.78 is 0. The minimum absolute atomic E-state index is 0. The minimum atomic E-state index is -0.837. The summed E-state index contributed by atoms with van der Waals surface area (Å²) in [6, 6.07) is 0. The summed E-state index contributed by atoms with van der Waals surface area (Å²) in [7, 11) is 9.03. The van der Waals surface area contributed by atoms with E-state index >= 15 is 0 Å². The molecule has 6 aliphatic rings. The van der Waals surface area contributed by atoms with Crippen LogP contribution in [-0.4, -0.2) is 8.80 Å². The van der Waals surface area contributed by atoms with Crippen LogP contribution in [0.15, 0.2) is 24.3 Å². The second-order valence-corrected chi connectivity index (χ2v) is 21.2. The van der Waals surface area contributed by atoms with Crippen molar-refractivity contribution in [2.75, 3.05) is 0 Å². The number of fused-ring (bicyclic) bond motifs is 6. The Balaban J connectivity index is 0.000000809. The van der Waals surface area contributed by atoms with E-state index in [1.165, 1.54) is 38.5 Å². The van der Waals surface area contributed by atoms with Gasteiger partial charge < -0.3 is 14.9 Å². The molecule has 0 bridgehead atoms. The second kappa shape index (κ2) is 15.1. The van der Waals surface area contributed by atoms with Gasteiger partial charge in [0.25, 0.3) is 0 Å². The molecule has 14 atom stereocenters. The molecule has 0 aromatic rings. The fourth-order valence-corrected chi connectivity index (χ4v) is 16.3. The summed E-state index contributed by atoms with van der Waals surface area (Å²) in [5.74, 6) is 11.8. The van der Waals surface area contributed by atoms with Crippen LogP contribution in [0.2, 0.25) is 17.6 Å². The first-order valence-electron chi connectivity index (χ1n) is 15.2. The van der Waals surface area contributed by atoms with Gasteiger partial charge >= 0.3 is 37.9 Å². The third-order valence-corrected chi connectivity index (χ3v) is 17.0. The van der Waals surface area contributed by atoms with Gasteiger partial charge in [-0.3, -0.25) is 0 Å². The summed E-state index contributed by atoms with van der Waals surface area (Å²) in [5.41, 5.74) is 2.14. The maximum absolute atomic E-state index is 4.93. The third-order valence-electron chi connectivity index (χ3n) is 12.4. The number of hydrogen-bond acceptors (Lipinski definition) is 0. The number of hydrogen-bond donors (Lipinski definition) is 0. The van der Waals surface area contributed by atoms with Crippen molar-refractivity contribution in [2.45, 2.75) is 104 Å². The summed E-state index contributed by atoms with van der Waals surface area (Å²) in [6.45, 7) is 13.2. The summed E-state index contributed by atoms with van der Waals surface area (Å²) in [5, 5.41) is 0. The molecule has 0 amide bonds. The molecule has 4 fully saturated rings. The molecule has 0 spiro atoms. The van der Waals surface area contributed by atoms with E-state index in [9.17, 15) is 0 Å². The van der Waals surface area contributed by atoms with Crippen LogP contribution < -0.4 is 0 Å². The van der Waals surface area contributed by atoms with Gasteiger partial charge in [0.2, 0.25) is 0 Å². The third kappa shape index (κ3) is 6.70. The van der Waals surface area contributed by atoms with E-state index in [1.54, 1.807) is 12.8 Å². The maximum atomic E-state index is 4.93. The average Bonchev–Trinajstić information content (AvgIpc) is 3.34. The Morgan fingerprint density at radius 3 is 1.34 bits per heavy atom. The molecule has 38 heavy (non-hydrogen) atoms. The Hall–Kier alpha value is 1.16. The molecule has 218 valence electrons. The summed E-state index contributed by atoms with van der Waals surface area (Å²) in [6.07, 6.45) is 23.2. The molecular formula is C34H60Cl2SiZr. The van der Waals surface area contributed by atoms with E-state index in [2.05, 4.69) is 58.5 Å². The van der Waals surface area contributed by atoms with Crippen molar-refractivity contribution in [1.29, 1.82) is 0 Å². The first-order chi connectivity index (χ1) is 16.8. The molecule has 0 heterocycles. The Morgan fingerprint density at radius 2 is 0.974 bits per heavy atom. The van der Waals surface area contributed by atoms with Crippen LogP contribution >= 0.6 is 17.0 Å². The quantitative estimate of drug-likeness (QED) is 0.157. The van der Waals surface area contributed by atoms with E-state index in [-0.39, 0.29) is 22.3 Å². The topological polar surface area (TPSA) is 0 Å². The standard InChI is InChI=1S/C31H50Si.CH4.2CH3.2ClH.Zr/c1-18-6-10-24-22(14-18)8-12-26-28(24)16-20(3)30(26)32(5)31-21(4)17-29-25-11-7-19(2)15-23(25)9-13-27(29)31;;;;;;/h8-9,12-13,18-32H,6-7,10-11,14-17H2,1-5H3;1H4;2*1H3;2*1H;/q;;2*-1;;;+4/p-2. The van der Waals surface area contributed by atoms with Gasteiger partial charge in [0, 0.05) is 8.80 Å². The predicted octanol–water partition coefficient (Wildman–Crippen LogP) is 11.3. The molecule has 0 aliphatic heterocycles. The number of halogens is 2. The van der Waals surface area contributed by atoms with Gasteiger partial charge in [0.05, 0.1) is 0 Å². The van der Waals surface area contributed by atoms with Crippen molar-refractivity contribution >= 4 is 25.8 Å². The van der Waals surface area contributed by atoms with E-state index in [0.717, 1.165) is 82.1 Å². The van der Waals surface area contributed by atoms with Crippen molar-refractivity contribution in [3.8, 4) is 0 Å². The molecule has 14 unspecified atom stereocenters. The van der Waals surface area contributed by atoms with E-state index in [4.69, 9.17) is 17.0 Å². The molecule has 4 heteroatoms. The summed E-state index contributed by atoms with van der Waals surface area (Å²) >= 11 is -0.826. The second-order valence-electron chi connectivity index (χ2n) is 14.3. The van der Waals surface area contributed by atoms with Gasteiger partial charge in [0.1, 0.15) is 0 Å². The first kappa shape index (κ1) is 35.4. The van der Waals surface area contributed by atoms with Gasteiger partial charge in [-0.2, -0.15) is 0 Å². The molecule has 0 N–H and O–H groups in total.